The normalized spacial score (nSPS) is 25.7. The van der Waals surface area contributed by atoms with Gasteiger partial charge in [-0.3, -0.25) is 4.79 Å². The number of aryl methyl sites for hydroxylation is 2. The number of hydrogen-bond donors (Lipinski definition) is 1. The minimum Gasteiger partial charge on any atom is -0.338 e. The number of rotatable bonds is 4. The highest BCUT2D eigenvalue weighted by atomic mass is 32.1. The minimum atomic E-state index is -0.225. The number of likely N-dealkylation sites (tertiary alicyclic amines) is 1. The van der Waals surface area contributed by atoms with E-state index in [0.717, 1.165) is 16.2 Å². The van der Waals surface area contributed by atoms with Gasteiger partial charge in [0.2, 0.25) is 0 Å². The molecule has 4 atom stereocenters. The van der Waals surface area contributed by atoms with Crippen LogP contribution in [0.5, 0.6) is 0 Å². The highest BCUT2D eigenvalue weighted by Crippen LogP contribution is 2.48. The predicted molar refractivity (Wildman–Crippen MR) is 112 cm³/mol. The number of ketones is 1. The molecule has 2 amide bonds. The van der Waals surface area contributed by atoms with E-state index >= 15 is 0 Å². The first kappa shape index (κ1) is 20.1. The molecule has 0 aromatic carbocycles. The maximum absolute atomic E-state index is 13.2. The van der Waals surface area contributed by atoms with Gasteiger partial charge in [0.15, 0.2) is 0 Å². The molecule has 1 saturated heterocycles. The average molecular weight is 405 g/mol. The Morgan fingerprint density at radius 1 is 1.00 bits per heavy atom. The smallest absolute Gasteiger partial charge is 0.318 e. The fourth-order valence-corrected chi connectivity index (χ4v) is 6.11. The lowest BCUT2D eigenvalue weighted by Crippen LogP contribution is -2.54. The van der Waals surface area contributed by atoms with E-state index in [0.29, 0.717) is 6.54 Å². The molecule has 0 bridgehead atoms. The van der Waals surface area contributed by atoms with Gasteiger partial charge in [-0.1, -0.05) is 20.8 Å². The van der Waals surface area contributed by atoms with Crippen LogP contribution in [-0.4, -0.2) is 23.3 Å². The first-order valence-electron chi connectivity index (χ1n) is 9.57. The Balaban J connectivity index is 2.10. The van der Waals surface area contributed by atoms with E-state index in [4.69, 9.17) is 0 Å². The number of carbonyl (C=O) groups excluding carboxylic acids is 2. The molecule has 1 fully saturated rings. The summed E-state index contributed by atoms with van der Waals surface area (Å²) < 4.78 is 0. The molecule has 0 radical (unpaired) electrons. The molecule has 27 heavy (non-hydrogen) atoms. The standard InChI is InChI=1S/C21H28N2O2S2/c1-6-11-22-21(25)23-18(16-9-7-12(2)26-16)14(4)20(24)15(5)19(23)17-10-8-13(3)27-17/h7-10,14-15,18-19H,6,11H2,1-5H3,(H,22,25). The third kappa shape index (κ3) is 3.83. The molecule has 4 unspecified atom stereocenters. The maximum atomic E-state index is 13.2. The van der Waals surface area contributed by atoms with E-state index < -0.39 is 0 Å². The first-order valence-corrected chi connectivity index (χ1v) is 11.2. The Kier molecular flexibility index (Phi) is 6.06. The summed E-state index contributed by atoms with van der Waals surface area (Å²) >= 11 is 3.36. The van der Waals surface area contributed by atoms with Crippen LogP contribution in [-0.2, 0) is 4.79 Å². The molecule has 146 valence electrons. The summed E-state index contributed by atoms with van der Waals surface area (Å²) in [5.74, 6) is -0.202. The van der Waals surface area contributed by atoms with Crippen LogP contribution in [0, 0.1) is 25.7 Å². The number of nitrogens with zero attached hydrogens (tertiary/aromatic N) is 1. The number of amides is 2. The minimum absolute atomic E-state index is 0.0739. The molecule has 2 aromatic heterocycles. The van der Waals surface area contributed by atoms with Gasteiger partial charge >= 0.3 is 6.03 Å². The van der Waals surface area contributed by atoms with Crippen molar-refractivity contribution in [2.75, 3.05) is 6.54 Å². The molecule has 1 aliphatic heterocycles. The molecular weight excluding hydrogens is 376 g/mol. The summed E-state index contributed by atoms with van der Waals surface area (Å²) in [6, 6.07) is 7.76. The Bertz CT molecular complexity index is 770. The number of thiophene rings is 2. The van der Waals surface area contributed by atoms with Crippen molar-refractivity contribution in [1.29, 1.82) is 0 Å². The molecular formula is C21H28N2O2S2. The van der Waals surface area contributed by atoms with Gasteiger partial charge < -0.3 is 10.2 Å². The van der Waals surface area contributed by atoms with Crippen molar-refractivity contribution in [2.45, 2.75) is 53.1 Å². The number of nitrogens with one attached hydrogen (secondary N) is 1. The maximum Gasteiger partial charge on any atom is 0.318 e. The van der Waals surface area contributed by atoms with Gasteiger partial charge in [0.05, 0.1) is 12.1 Å². The van der Waals surface area contributed by atoms with Gasteiger partial charge in [0.1, 0.15) is 5.78 Å². The zero-order valence-electron chi connectivity index (χ0n) is 16.6. The molecule has 6 heteroatoms. The fourth-order valence-electron chi connectivity index (χ4n) is 3.95. The Labute approximate surface area is 169 Å². The van der Waals surface area contributed by atoms with E-state index in [1.165, 1.54) is 9.75 Å². The van der Waals surface area contributed by atoms with Crippen molar-refractivity contribution < 1.29 is 9.59 Å². The second-order valence-electron chi connectivity index (χ2n) is 7.41. The zero-order valence-corrected chi connectivity index (χ0v) is 18.2. The molecule has 0 spiro atoms. The van der Waals surface area contributed by atoms with Crippen LogP contribution in [0.4, 0.5) is 4.79 Å². The van der Waals surface area contributed by atoms with E-state index in [-0.39, 0.29) is 35.7 Å². The Morgan fingerprint density at radius 2 is 1.48 bits per heavy atom. The lowest BCUT2D eigenvalue weighted by molar-refractivity contribution is -0.135. The number of urea groups is 1. The molecule has 0 aliphatic carbocycles. The molecule has 4 nitrogen and oxygen atoms in total. The SMILES string of the molecule is CCCNC(=O)N1C(c2ccc(C)s2)C(C)C(=O)C(C)C1c1ccc(C)s1. The summed E-state index contributed by atoms with van der Waals surface area (Å²) in [7, 11) is 0. The van der Waals surface area contributed by atoms with E-state index in [1.54, 1.807) is 22.7 Å². The van der Waals surface area contributed by atoms with Gasteiger partial charge in [-0.25, -0.2) is 4.79 Å². The second kappa shape index (κ2) is 8.15. The fraction of sp³-hybridized carbons (Fsp3) is 0.524. The van der Waals surface area contributed by atoms with Gasteiger partial charge in [-0.15, -0.1) is 22.7 Å². The molecule has 1 aliphatic rings. The van der Waals surface area contributed by atoms with E-state index in [2.05, 4.69) is 43.4 Å². The van der Waals surface area contributed by atoms with Gasteiger partial charge in [-0.05, 0) is 44.5 Å². The van der Waals surface area contributed by atoms with Crippen LogP contribution in [0.3, 0.4) is 0 Å². The van der Waals surface area contributed by atoms with Gasteiger partial charge in [-0.2, -0.15) is 0 Å². The second-order valence-corrected chi connectivity index (χ2v) is 10.0. The van der Waals surface area contributed by atoms with Gasteiger partial charge in [0.25, 0.3) is 0 Å². The summed E-state index contributed by atoms with van der Waals surface area (Å²) in [5.41, 5.74) is 0. The zero-order chi connectivity index (χ0) is 19.7. The lowest BCUT2D eigenvalue weighted by Gasteiger charge is -2.47. The monoisotopic (exact) mass is 404 g/mol. The number of Topliss-reactive ketones (excluding diaryl/α,β-unsaturated/α-hetero) is 1. The molecule has 3 rings (SSSR count). The molecule has 2 aromatic rings. The Morgan fingerprint density at radius 3 is 1.85 bits per heavy atom. The number of hydrogen-bond acceptors (Lipinski definition) is 4. The van der Waals surface area contributed by atoms with Crippen molar-refractivity contribution in [3.8, 4) is 0 Å². The van der Waals surface area contributed by atoms with Crippen LogP contribution in [0.1, 0.15) is 58.8 Å². The van der Waals surface area contributed by atoms with Crippen LogP contribution in [0.2, 0.25) is 0 Å². The van der Waals surface area contributed by atoms with Crippen LogP contribution < -0.4 is 5.32 Å². The third-order valence-corrected chi connectivity index (χ3v) is 7.45. The van der Waals surface area contributed by atoms with Crippen molar-refractivity contribution in [2.24, 2.45) is 11.8 Å². The Hall–Kier alpha value is -1.66. The predicted octanol–water partition coefficient (Wildman–Crippen LogP) is 5.49. The van der Waals surface area contributed by atoms with Crippen molar-refractivity contribution in [1.82, 2.24) is 10.2 Å². The lowest BCUT2D eigenvalue weighted by atomic mass is 9.78. The highest BCUT2D eigenvalue weighted by Gasteiger charge is 2.48. The van der Waals surface area contributed by atoms with Gasteiger partial charge in [0, 0.05) is 37.9 Å². The summed E-state index contributed by atoms with van der Waals surface area (Å²) in [6.07, 6.45) is 0.884. The highest BCUT2D eigenvalue weighted by molar-refractivity contribution is 7.12. The van der Waals surface area contributed by atoms with Crippen LogP contribution >= 0.6 is 22.7 Å². The van der Waals surface area contributed by atoms with Crippen LogP contribution in [0.25, 0.3) is 0 Å². The molecule has 3 heterocycles. The summed E-state index contributed by atoms with van der Waals surface area (Å²) in [6.45, 7) is 10.7. The third-order valence-electron chi connectivity index (χ3n) is 5.31. The summed E-state index contributed by atoms with van der Waals surface area (Å²) in [4.78, 5) is 32.9. The van der Waals surface area contributed by atoms with Crippen molar-refractivity contribution in [3.05, 3.63) is 43.8 Å². The number of carbonyl (C=O) groups is 2. The van der Waals surface area contributed by atoms with E-state index in [1.807, 2.05) is 25.7 Å². The van der Waals surface area contributed by atoms with Crippen LogP contribution in [0.15, 0.2) is 24.3 Å². The number of piperidine rings is 1. The summed E-state index contributed by atoms with van der Waals surface area (Å²) in [5, 5.41) is 3.06. The largest absolute Gasteiger partial charge is 0.338 e. The molecule has 1 N–H and O–H groups in total. The first-order chi connectivity index (χ1) is 12.8. The average Bonchev–Trinajstić information content (AvgIpc) is 3.25. The van der Waals surface area contributed by atoms with Crippen molar-refractivity contribution >= 4 is 34.5 Å². The topological polar surface area (TPSA) is 49.4 Å². The quantitative estimate of drug-likeness (QED) is 0.733. The molecule has 0 saturated carbocycles. The van der Waals surface area contributed by atoms with Crippen molar-refractivity contribution in [3.63, 3.8) is 0 Å². The van der Waals surface area contributed by atoms with E-state index in [9.17, 15) is 9.59 Å².